The Hall–Kier alpha value is -2.10. The summed E-state index contributed by atoms with van der Waals surface area (Å²) >= 11 is 0. The number of hydrogen-bond acceptors (Lipinski definition) is 2. The zero-order valence-electron chi connectivity index (χ0n) is 9.10. The van der Waals surface area contributed by atoms with Crippen LogP contribution in [0.2, 0.25) is 0 Å². The topological polar surface area (TPSA) is 49.0 Å². The zero-order valence-corrected chi connectivity index (χ0v) is 9.10. The molecule has 4 nitrogen and oxygen atoms in total. The maximum Gasteiger partial charge on any atom is 0.275 e. The molecule has 0 bridgehead atoms. The normalized spacial score (nSPS) is 10.3. The number of likely N-dealkylation sites (N-methyl/N-ethyl adjacent to an activating group) is 1. The van der Waals surface area contributed by atoms with Crippen LogP contribution < -0.4 is 0 Å². The number of rotatable bonds is 3. The number of aromatic nitrogens is 2. The highest BCUT2D eigenvalue weighted by atomic mass is 16.2. The molecule has 0 unspecified atom stereocenters. The van der Waals surface area contributed by atoms with Gasteiger partial charge in [0.15, 0.2) is 5.69 Å². The highest BCUT2D eigenvalue weighted by Gasteiger charge is 2.16. The van der Waals surface area contributed by atoms with Crippen molar-refractivity contribution in [1.82, 2.24) is 15.1 Å². The summed E-state index contributed by atoms with van der Waals surface area (Å²) in [6.45, 7) is 4.12. The minimum absolute atomic E-state index is 0.0997. The Kier molecular flexibility index (Phi) is 2.72. The van der Waals surface area contributed by atoms with Gasteiger partial charge >= 0.3 is 0 Å². The van der Waals surface area contributed by atoms with Gasteiger partial charge in [0.1, 0.15) is 0 Å². The number of hydrogen-bond donors (Lipinski definition) is 1. The van der Waals surface area contributed by atoms with Crippen molar-refractivity contribution in [2.45, 2.75) is 0 Å². The maximum absolute atomic E-state index is 12.0. The molecule has 0 radical (unpaired) electrons. The Morgan fingerprint density at radius 2 is 2.31 bits per heavy atom. The second kappa shape index (κ2) is 4.18. The van der Waals surface area contributed by atoms with Gasteiger partial charge in [0, 0.05) is 19.0 Å². The number of carbonyl (C=O) groups is 1. The summed E-state index contributed by atoms with van der Waals surface area (Å²) in [6.07, 6.45) is 1.69. The van der Waals surface area contributed by atoms with Gasteiger partial charge in [-0.15, -0.1) is 6.58 Å². The fourth-order valence-corrected chi connectivity index (χ4v) is 1.58. The number of para-hydroxylation sites is 1. The second-order valence-corrected chi connectivity index (χ2v) is 3.59. The van der Waals surface area contributed by atoms with Gasteiger partial charge in [-0.3, -0.25) is 9.89 Å². The number of benzene rings is 1. The molecule has 0 saturated heterocycles. The molecule has 4 heteroatoms. The van der Waals surface area contributed by atoms with Gasteiger partial charge in [-0.25, -0.2) is 0 Å². The summed E-state index contributed by atoms with van der Waals surface area (Å²) in [5, 5.41) is 7.74. The Bertz CT molecular complexity index is 530. The fourth-order valence-electron chi connectivity index (χ4n) is 1.58. The molecule has 0 aliphatic carbocycles. The molecule has 82 valence electrons. The molecule has 0 saturated carbocycles. The first kappa shape index (κ1) is 10.4. The summed E-state index contributed by atoms with van der Waals surface area (Å²) < 4.78 is 0. The van der Waals surface area contributed by atoms with E-state index in [1.807, 2.05) is 24.3 Å². The SMILES string of the molecule is C=CCN(C)C(=O)c1n[nH]c2ccccc12. The lowest BCUT2D eigenvalue weighted by Gasteiger charge is -2.12. The van der Waals surface area contributed by atoms with Crippen molar-refractivity contribution < 1.29 is 4.79 Å². The number of amides is 1. The van der Waals surface area contributed by atoms with E-state index in [9.17, 15) is 4.79 Å². The predicted molar refractivity (Wildman–Crippen MR) is 63.3 cm³/mol. The molecule has 1 aromatic heterocycles. The van der Waals surface area contributed by atoms with Gasteiger partial charge in [-0.05, 0) is 6.07 Å². The molecule has 0 aliphatic heterocycles. The van der Waals surface area contributed by atoms with Crippen LogP contribution >= 0.6 is 0 Å². The van der Waals surface area contributed by atoms with E-state index in [0.29, 0.717) is 12.2 Å². The largest absolute Gasteiger partial charge is 0.337 e. The molecule has 0 spiro atoms. The highest BCUT2D eigenvalue weighted by molar-refractivity contribution is 6.04. The van der Waals surface area contributed by atoms with Crippen LogP contribution in [0.25, 0.3) is 10.9 Å². The van der Waals surface area contributed by atoms with Gasteiger partial charge in [-0.1, -0.05) is 24.3 Å². The number of fused-ring (bicyclic) bond motifs is 1. The number of H-pyrrole nitrogens is 1. The maximum atomic E-state index is 12.0. The van der Waals surface area contributed by atoms with Crippen LogP contribution in [0.1, 0.15) is 10.5 Å². The van der Waals surface area contributed by atoms with Crippen LogP contribution in [-0.4, -0.2) is 34.6 Å². The van der Waals surface area contributed by atoms with Crippen LogP contribution in [0.5, 0.6) is 0 Å². The number of nitrogens with one attached hydrogen (secondary N) is 1. The van der Waals surface area contributed by atoms with Crippen LogP contribution in [0, 0.1) is 0 Å². The quantitative estimate of drug-likeness (QED) is 0.794. The van der Waals surface area contributed by atoms with Crippen molar-refractivity contribution in [2.24, 2.45) is 0 Å². The minimum atomic E-state index is -0.0997. The molecular weight excluding hydrogens is 202 g/mol. The minimum Gasteiger partial charge on any atom is -0.337 e. The third-order valence-electron chi connectivity index (χ3n) is 2.42. The average molecular weight is 215 g/mol. The van der Waals surface area contributed by atoms with Crippen LogP contribution in [0.4, 0.5) is 0 Å². The summed E-state index contributed by atoms with van der Waals surface area (Å²) in [5.41, 5.74) is 1.33. The Balaban J connectivity index is 2.40. The second-order valence-electron chi connectivity index (χ2n) is 3.59. The van der Waals surface area contributed by atoms with E-state index in [-0.39, 0.29) is 5.91 Å². The molecule has 2 rings (SSSR count). The Labute approximate surface area is 93.6 Å². The predicted octanol–water partition coefficient (Wildman–Crippen LogP) is 1.82. The first-order valence-electron chi connectivity index (χ1n) is 5.03. The van der Waals surface area contributed by atoms with Crippen molar-refractivity contribution in [3.8, 4) is 0 Å². The molecular formula is C12H13N3O. The molecule has 16 heavy (non-hydrogen) atoms. The molecule has 0 fully saturated rings. The van der Waals surface area contributed by atoms with Crippen molar-refractivity contribution in [3.05, 3.63) is 42.6 Å². The highest BCUT2D eigenvalue weighted by Crippen LogP contribution is 2.16. The van der Waals surface area contributed by atoms with E-state index in [1.165, 1.54) is 0 Å². The van der Waals surface area contributed by atoms with Gasteiger partial charge in [0.05, 0.1) is 5.52 Å². The van der Waals surface area contributed by atoms with Gasteiger partial charge in [-0.2, -0.15) is 5.10 Å². The first-order valence-corrected chi connectivity index (χ1v) is 5.03. The molecule has 1 N–H and O–H groups in total. The average Bonchev–Trinajstić information content (AvgIpc) is 2.72. The fraction of sp³-hybridized carbons (Fsp3) is 0.167. The lowest BCUT2D eigenvalue weighted by Crippen LogP contribution is -2.27. The first-order chi connectivity index (χ1) is 7.74. The van der Waals surface area contributed by atoms with Crippen molar-refractivity contribution in [1.29, 1.82) is 0 Å². The summed E-state index contributed by atoms with van der Waals surface area (Å²) in [6, 6.07) is 7.57. The molecule has 2 aromatic rings. The zero-order chi connectivity index (χ0) is 11.5. The van der Waals surface area contributed by atoms with E-state index < -0.39 is 0 Å². The summed E-state index contributed by atoms with van der Waals surface area (Å²) in [5.74, 6) is -0.0997. The molecule has 1 amide bonds. The third kappa shape index (κ3) is 1.69. The monoisotopic (exact) mass is 215 g/mol. The number of nitrogens with zero attached hydrogens (tertiary/aromatic N) is 2. The van der Waals surface area contributed by atoms with E-state index in [0.717, 1.165) is 10.9 Å². The third-order valence-corrected chi connectivity index (χ3v) is 2.42. The van der Waals surface area contributed by atoms with Crippen molar-refractivity contribution in [3.63, 3.8) is 0 Å². The molecule has 0 aliphatic rings. The van der Waals surface area contributed by atoms with E-state index in [2.05, 4.69) is 16.8 Å². The Morgan fingerprint density at radius 3 is 3.06 bits per heavy atom. The van der Waals surface area contributed by atoms with Gasteiger partial charge in [0.25, 0.3) is 5.91 Å². The van der Waals surface area contributed by atoms with E-state index in [1.54, 1.807) is 18.0 Å². The molecule has 1 heterocycles. The molecule has 0 atom stereocenters. The van der Waals surface area contributed by atoms with Crippen LogP contribution in [-0.2, 0) is 0 Å². The summed E-state index contributed by atoms with van der Waals surface area (Å²) in [4.78, 5) is 13.6. The van der Waals surface area contributed by atoms with E-state index in [4.69, 9.17) is 0 Å². The van der Waals surface area contributed by atoms with Crippen molar-refractivity contribution in [2.75, 3.05) is 13.6 Å². The summed E-state index contributed by atoms with van der Waals surface area (Å²) in [7, 11) is 1.73. The number of aromatic amines is 1. The molecule has 1 aromatic carbocycles. The van der Waals surface area contributed by atoms with E-state index >= 15 is 0 Å². The van der Waals surface area contributed by atoms with Crippen LogP contribution in [0.3, 0.4) is 0 Å². The lowest BCUT2D eigenvalue weighted by molar-refractivity contribution is 0.0806. The number of carbonyl (C=O) groups excluding carboxylic acids is 1. The van der Waals surface area contributed by atoms with Gasteiger partial charge < -0.3 is 4.90 Å². The lowest BCUT2D eigenvalue weighted by atomic mass is 10.2. The Morgan fingerprint density at radius 1 is 1.56 bits per heavy atom. The smallest absolute Gasteiger partial charge is 0.275 e. The standard InChI is InChI=1S/C12H13N3O/c1-3-8-15(2)12(16)11-9-6-4-5-7-10(9)13-14-11/h3-7H,1,8H2,2H3,(H,13,14). The van der Waals surface area contributed by atoms with Crippen molar-refractivity contribution >= 4 is 16.8 Å². The van der Waals surface area contributed by atoms with Gasteiger partial charge in [0.2, 0.25) is 0 Å². The van der Waals surface area contributed by atoms with Crippen LogP contribution in [0.15, 0.2) is 36.9 Å².